The smallest absolute Gasteiger partial charge is 0.0735 e. The van der Waals surface area contributed by atoms with Crippen LogP contribution in [0.3, 0.4) is 0 Å². The molecule has 1 rings (SSSR count). The Hall–Kier alpha value is -0.120. The van der Waals surface area contributed by atoms with E-state index in [0.29, 0.717) is 0 Å². The van der Waals surface area contributed by atoms with Gasteiger partial charge in [0.25, 0.3) is 0 Å². The predicted octanol–water partition coefficient (Wildman–Crippen LogP) is 1.24. The van der Waals surface area contributed by atoms with Crippen LogP contribution in [0.5, 0.6) is 0 Å². The lowest BCUT2D eigenvalue weighted by molar-refractivity contribution is -0.110. The fraction of sp³-hybridized carbons (Fsp3) is 1.00. The van der Waals surface area contributed by atoms with Crippen molar-refractivity contribution < 1.29 is 10.2 Å². The fourth-order valence-electron chi connectivity index (χ4n) is 2.45. The van der Waals surface area contributed by atoms with E-state index in [0.717, 1.165) is 38.8 Å². The van der Waals surface area contributed by atoms with Gasteiger partial charge in [-0.05, 0) is 39.3 Å². The van der Waals surface area contributed by atoms with E-state index >= 15 is 0 Å². The highest BCUT2D eigenvalue weighted by molar-refractivity contribution is 4.96. The Balaban J connectivity index is 2.79. The maximum absolute atomic E-state index is 10.7. The largest absolute Gasteiger partial charge is 0.396 e. The second-order valence-corrected chi connectivity index (χ2v) is 5.26. The summed E-state index contributed by atoms with van der Waals surface area (Å²) in [5.41, 5.74) is -1.04. The van der Waals surface area contributed by atoms with Gasteiger partial charge in [-0.3, -0.25) is 0 Å². The van der Waals surface area contributed by atoms with Gasteiger partial charge in [-0.2, -0.15) is 0 Å². The van der Waals surface area contributed by atoms with E-state index in [4.69, 9.17) is 0 Å². The van der Waals surface area contributed by atoms with Gasteiger partial charge in [-0.1, -0.05) is 13.8 Å². The van der Waals surface area contributed by atoms with Crippen LogP contribution in [0, 0.1) is 5.41 Å². The Morgan fingerprint density at radius 2 is 2.00 bits per heavy atom. The van der Waals surface area contributed by atoms with Crippen LogP contribution in [0.1, 0.15) is 39.5 Å². The van der Waals surface area contributed by atoms with E-state index in [1.807, 2.05) is 13.8 Å². The van der Waals surface area contributed by atoms with Crippen molar-refractivity contribution in [2.45, 2.75) is 45.1 Å². The lowest BCUT2D eigenvalue weighted by atomic mass is 9.68. The second-order valence-electron chi connectivity index (χ2n) is 5.26. The van der Waals surface area contributed by atoms with Crippen molar-refractivity contribution in [2.75, 3.05) is 26.7 Å². The molecule has 0 radical (unpaired) electrons. The maximum atomic E-state index is 10.7. The maximum Gasteiger partial charge on any atom is 0.0735 e. The summed E-state index contributed by atoms with van der Waals surface area (Å²) in [5.74, 6) is 0. The van der Waals surface area contributed by atoms with Gasteiger partial charge in [0.2, 0.25) is 0 Å². The Bertz CT molecular complexity index is 204. The first-order valence-electron chi connectivity index (χ1n) is 5.99. The molecule has 3 nitrogen and oxygen atoms in total. The van der Waals surface area contributed by atoms with Crippen molar-refractivity contribution in [1.29, 1.82) is 0 Å². The van der Waals surface area contributed by atoms with E-state index in [1.54, 1.807) is 0 Å². The number of rotatable bonds is 3. The van der Waals surface area contributed by atoms with Gasteiger partial charge in [-0.25, -0.2) is 0 Å². The molecule has 2 N–H and O–H groups in total. The molecular weight excluding hydrogens is 190 g/mol. The molecule has 0 aromatic carbocycles. The van der Waals surface area contributed by atoms with Gasteiger partial charge in [0.15, 0.2) is 0 Å². The molecule has 3 heteroatoms. The molecule has 1 fully saturated rings. The summed E-state index contributed by atoms with van der Waals surface area (Å²) in [6, 6.07) is 0. The minimum atomic E-state index is -0.693. The number of aliphatic hydroxyl groups is 2. The zero-order chi connectivity index (χ0) is 11.5. The summed E-state index contributed by atoms with van der Waals surface area (Å²) >= 11 is 0. The summed E-state index contributed by atoms with van der Waals surface area (Å²) in [6.07, 6.45) is 3.42. The Morgan fingerprint density at radius 3 is 2.53 bits per heavy atom. The molecule has 2 atom stereocenters. The van der Waals surface area contributed by atoms with Gasteiger partial charge in [-0.15, -0.1) is 0 Å². The molecule has 1 heterocycles. The monoisotopic (exact) mass is 215 g/mol. The summed E-state index contributed by atoms with van der Waals surface area (Å²) in [6.45, 7) is 6.09. The lowest BCUT2D eigenvalue weighted by Gasteiger charge is -2.43. The third kappa shape index (κ3) is 2.52. The molecule has 1 aliphatic rings. The van der Waals surface area contributed by atoms with Crippen LogP contribution in [0.4, 0.5) is 0 Å². The normalized spacial score (nSPS) is 33.4. The summed E-state index contributed by atoms with van der Waals surface area (Å²) in [7, 11) is 2.09. The molecule has 0 spiro atoms. The summed E-state index contributed by atoms with van der Waals surface area (Å²) in [5, 5.41) is 20.2. The molecule has 15 heavy (non-hydrogen) atoms. The van der Waals surface area contributed by atoms with Gasteiger partial charge in [0.1, 0.15) is 0 Å². The highest BCUT2D eigenvalue weighted by Crippen LogP contribution is 2.41. The average Bonchev–Trinajstić information content (AvgIpc) is 2.41. The third-order valence-corrected chi connectivity index (χ3v) is 4.29. The van der Waals surface area contributed by atoms with E-state index < -0.39 is 5.60 Å². The molecule has 0 aliphatic carbocycles. The van der Waals surface area contributed by atoms with Crippen LogP contribution >= 0.6 is 0 Å². The van der Waals surface area contributed by atoms with Crippen LogP contribution < -0.4 is 0 Å². The molecule has 0 saturated carbocycles. The molecule has 1 saturated heterocycles. The van der Waals surface area contributed by atoms with Gasteiger partial charge >= 0.3 is 0 Å². The number of aliphatic hydroxyl groups excluding tert-OH is 1. The molecule has 0 aromatic heterocycles. The summed E-state index contributed by atoms with van der Waals surface area (Å²) in [4.78, 5) is 2.26. The van der Waals surface area contributed by atoms with Crippen molar-refractivity contribution in [3.05, 3.63) is 0 Å². The van der Waals surface area contributed by atoms with Gasteiger partial charge in [0.05, 0.1) is 12.2 Å². The number of likely N-dealkylation sites (tertiary alicyclic amines) is 1. The number of hydrogen-bond acceptors (Lipinski definition) is 3. The molecule has 1 aliphatic heterocycles. The zero-order valence-corrected chi connectivity index (χ0v) is 10.3. The first kappa shape index (κ1) is 12.9. The molecule has 0 amide bonds. The average molecular weight is 215 g/mol. The Kier molecular flexibility index (Phi) is 4.15. The SMILES string of the molecule is CCC(C)(CO)C1(O)CCCN(C)CC1. The molecular formula is C12H25NO2. The highest BCUT2D eigenvalue weighted by Gasteiger charge is 2.45. The third-order valence-electron chi connectivity index (χ3n) is 4.29. The second kappa shape index (κ2) is 4.81. The van der Waals surface area contributed by atoms with Crippen molar-refractivity contribution in [3.63, 3.8) is 0 Å². The highest BCUT2D eigenvalue weighted by atomic mass is 16.3. The minimum absolute atomic E-state index is 0.0731. The predicted molar refractivity (Wildman–Crippen MR) is 61.8 cm³/mol. The van der Waals surface area contributed by atoms with Crippen molar-refractivity contribution in [3.8, 4) is 0 Å². The van der Waals surface area contributed by atoms with Crippen LogP contribution in [-0.4, -0.2) is 47.5 Å². The van der Waals surface area contributed by atoms with Crippen LogP contribution in [-0.2, 0) is 0 Å². The molecule has 90 valence electrons. The molecule has 2 unspecified atom stereocenters. The quantitative estimate of drug-likeness (QED) is 0.744. The van der Waals surface area contributed by atoms with Crippen LogP contribution in [0.25, 0.3) is 0 Å². The first-order chi connectivity index (χ1) is 6.97. The van der Waals surface area contributed by atoms with Gasteiger partial charge < -0.3 is 15.1 Å². The minimum Gasteiger partial charge on any atom is -0.396 e. The van der Waals surface area contributed by atoms with E-state index in [-0.39, 0.29) is 12.0 Å². The Morgan fingerprint density at radius 1 is 1.33 bits per heavy atom. The van der Waals surface area contributed by atoms with E-state index in [2.05, 4.69) is 11.9 Å². The number of hydrogen-bond donors (Lipinski definition) is 2. The van der Waals surface area contributed by atoms with Crippen molar-refractivity contribution in [1.82, 2.24) is 4.90 Å². The Labute approximate surface area is 93.1 Å². The van der Waals surface area contributed by atoms with E-state index in [9.17, 15) is 10.2 Å². The van der Waals surface area contributed by atoms with Crippen molar-refractivity contribution >= 4 is 0 Å². The topological polar surface area (TPSA) is 43.7 Å². The first-order valence-corrected chi connectivity index (χ1v) is 5.99. The standard InChI is InChI=1S/C12H25NO2/c1-4-11(2,10-14)12(15)6-5-8-13(3)9-7-12/h14-15H,4-10H2,1-3H3. The number of nitrogens with zero attached hydrogens (tertiary/aromatic N) is 1. The van der Waals surface area contributed by atoms with E-state index in [1.165, 1.54) is 0 Å². The van der Waals surface area contributed by atoms with Gasteiger partial charge in [0, 0.05) is 12.0 Å². The van der Waals surface area contributed by atoms with Crippen LogP contribution in [0.2, 0.25) is 0 Å². The lowest BCUT2D eigenvalue weighted by Crippen LogP contribution is -2.49. The fourth-order valence-corrected chi connectivity index (χ4v) is 2.45. The zero-order valence-electron chi connectivity index (χ0n) is 10.3. The summed E-state index contributed by atoms with van der Waals surface area (Å²) < 4.78 is 0. The van der Waals surface area contributed by atoms with Crippen molar-refractivity contribution in [2.24, 2.45) is 5.41 Å². The van der Waals surface area contributed by atoms with Crippen LogP contribution in [0.15, 0.2) is 0 Å². The molecule has 0 aromatic rings. The molecule has 0 bridgehead atoms.